The highest BCUT2D eigenvalue weighted by Gasteiger charge is 2.21. The zero-order chi connectivity index (χ0) is 14.5. The van der Waals surface area contributed by atoms with E-state index in [9.17, 15) is 10.1 Å². The predicted octanol–water partition coefficient (Wildman–Crippen LogP) is 4.21. The second kappa shape index (κ2) is 6.84. The van der Waals surface area contributed by atoms with Crippen LogP contribution in [0.3, 0.4) is 0 Å². The van der Waals surface area contributed by atoms with Crippen molar-refractivity contribution in [1.29, 1.82) is 0 Å². The molecule has 1 saturated carbocycles. The normalized spacial score (nSPS) is 24.9. The third kappa shape index (κ3) is 3.79. The van der Waals surface area contributed by atoms with Crippen molar-refractivity contribution in [3.8, 4) is 0 Å². The van der Waals surface area contributed by atoms with Crippen LogP contribution >= 0.6 is 0 Å². The minimum atomic E-state index is -0.352. The molecule has 1 N–H and O–H groups in total. The van der Waals surface area contributed by atoms with Crippen molar-refractivity contribution in [3.05, 3.63) is 39.9 Å². The van der Waals surface area contributed by atoms with Gasteiger partial charge in [0.2, 0.25) is 0 Å². The summed E-state index contributed by atoms with van der Waals surface area (Å²) in [6.07, 6.45) is 6.51. The van der Waals surface area contributed by atoms with Crippen LogP contribution in [0.5, 0.6) is 0 Å². The SMILES string of the molecule is CC(NC1CCCCCC1C)c1ccc([N+](=O)[O-])cc1. The molecular formula is C16H24N2O2. The maximum absolute atomic E-state index is 10.7. The Morgan fingerprint density at radius 3 is 2.50 bits per heavy atom. The molecule has 3 atom stereocenters. The van der Waals surface area contributed by atoms with Gasteiger partial charge in [0.1, 0.15) is 0 Å². The van der Waals surface area contributed by atoms with Gasteiger partial charge in [0.15, 0.2) is 0 Å². The quantitative estimate of drug-likeness (QED) is 0.509. The van der Waals surface area contributed by atoms with Crippen LogP contribution in [0.15, 0.2) is 24.3 Å². The summed E-state index contributed by atoms with van der Waals surface area (Å²) < 4.78 is 0. The monoisotopic (exact) mass is 276 g/mol. The molecule has 0 aliphatic heterocycles. The molecule has 1 fully saturated rings. The molecule has 20 heavy (non-hydrogen) atoms. The van der Waals surface area contributed by atoms with E-state index < -0.39 is 0 Å². The molecule has 0 bridgehead atoms. The van der Waals surface area contributed by atoms with E-state index in [0.29, 0.717) is 12.0 Å². The molecule has 0 radical (unpaired) electrons. The van der Waals surface area contributed by atoms with Gasteiger partial charge in [-0.25, -0.2) is 0 Å². The van der Waals surface area contributed by atoms with Gasteiger partial charge in [-0.05, 0) is 31.2 Å². The molecule has 1 aliphatic rings. The predicted molar refractivity (Wildman–Crippen MR) is 80.7 cm³/mol. The molecule has 110 valence electrons. The fourth-order valence-corrected chi connectivity index (χ4v) is 3.04. The Labute approximate surface area is 120 Å². The number of non-ortho nitro benzene ring substituents is 1. The van der Waals surface area contributed by atoms with E-state index in [4.69, 9.17) is 0 Å². The second-order valence-corrected chi connectivity index (χ2v) is 5.96. The molecular weight excluding hydrogens is 252 g/mol. The minimum absolute atomic E-state index is 0.156. The topological polar surface area (TPSA) is 55.2 Å². The van der Waals surface area contributed by atoms with E-state index in [-0.39, 0.29) is 16.7 Å². The lowest BCUT2D eigenvalue weighted by Crippen LogP contribution is -2.36. The fourth-order valence-electron chi connectivity index (χ4n) is 3.04. The Kier molecular flexibility index (Phi) is 5.12. The molecule has 1 aromatic rings. The smallest absolute Gasteiger partial charge is 0.269 e. The van der Waals surface area contributed by atoms with Crippen LogP contribution in [-0.2, 0) is 0 Å². The number of nitrogens with zero attached hydrogens (tertiary/aromatic N) is 1. The van der Waals surface area contributed by atoms with Gasteiger partial charge in [-0.2, -0.15) is 0 Å². The van der Waals surface area contributed by atoms with Crippen molar-refractivity contribution in [3.63, 3.8) is 0 Å². The van der Waals surface area contributed by atoms with Gasteiger partial charge in [0.25, 0.3) is 5.69 Å². The lowest BCUT2D eigenvalue weighted by atomic mass is 9.95. The molecule has 0 saturated heterocycles. The highest BCUT2D eigenvalue weighted by molar-refractivity contribution is 5.34. The van der Waals surface area contributed by atoms with Gasteiger partial charge >= 0.3 is 0 Å². The second-order valence-electron chi connectivity index (χ2n) is 5.96. The first-order chi connectivity index (χ1) is 9.58. The molecule has 1 aliphatic carbocycles. The number of nitro groups is 1. The minimum Gasteiger partial charge on any atom is -0.307 e. The Balaban J connectivity index is 1.99. The number of rotatable bonds is 4. The van der Waals surface area contributed by atoms with E-state index in [2.05, 4.69) is 19.2 Å². The molecule has 0 aromatic heterocycles. The Morgan fingerprint density at radius 1 is 1.20 bits per heavy atom. The third-order valence-corrected chi connectivity index (χ3v) is 4.43. The molecule has 0 amide bonds. The van der Waals surface area contributed by atoms with E-state index >= 15 is 0 Å². The maximum atomic E-state index is 10.7. The number of benzene rings is 1. The van der Waals surface area contributed by atoms with Crippen LogP contribution in [0.25, 0.3) is 0 Å². The van der Waals surface area contributed by atoms with E-state index in [1.165, 1.54) is 32.1 Å². The van der Waals surface area contributed by atoms with Gasteiger partial charge < -0.3 is 5.32 Å². The highest BCUT2D eigenvalue weighted by Crippen LogP contribution is 2.26. The first-order valence-electron chi connectivity index (χ1n) is 7.58. The summed E-state index contributed by atoms with van der Waals surface area (Å²) in [5.41, 5.74) is 1.27. The summed E-state index contributed by atoms with van der Waals surface area (Å²) in [6, 6.07) is 7.69. The highest BCUT2D eigenvalue weighted by atomic mass is 16.6. The van der Waals surface area contributed by atoms with Gasteiger partial charge in [-0.15, -0.1) is 0 Å². The largest absolute Gasteiger partial charge is 0.307 e. The number of nitrogens with one attached hydrogen (secondary N) is 1. The first-order valence-corrected chi connectivity index (χ1v) is 7.58. The molecule has 0 spiro atoms. The van der Waals surface area contributed by atoms with Crippen LogP contribution in [-0.4, -0.2) is 11.0 Å². The van der Waals surface area contributed by atoms with Crippen molar-refractivity contribution >= 4 is 5.69 Å². The van der Waals surface area contributed by atoms with Crippen LogP contribution in [0.1, 0.15) is 57.6 Å². The zero-order valence-electron chi connectivity index (χ0n) is 12.3. The molecule has 4 heteroatoms. The van der Waals surface area contributed by atoms with Gasteiger partial charge in [-0.1, -0.05) is 38.3 Å². The average molecular weight is 276 g/mol. The van der Waals surface area contributed by atoms with Crippen LogP contribution in [0.4, 0.5) is 5.69 Å². The number of hydrogen-bond donors (Lipinski definition) is 1. The standard InChI is InChI=1S/C16H24N2O2/c1-12-6-4-3-5-7-16(12)17-13(2)14-8-10-15(11-9-14)18(19)20/h8-13,16-17H,3-7H2,1-2H3. The fraction of sp³-hybridized carbons (Fsp3) is 0.625. The van der Waals surface area contributed by atoms with Crippen molar-refractivity contribution in [1.82, 2.24) is 5.32 Å². The summed E-state index contributed by atoms with van der Waals surface area (Å²) in [6.45, 7) is 4.46. The number of nitro benzene ring substituents is 1. The van der Waals surface area contributed by atoms with Crippen molar-refractivity contribution in [2.75, 3.05) is 0 Å². The maximum Gasteiger partial charge on any atom is 0.269 e. The van der Waals surface area contributed by atoms with Gasteiger partial charge in [0, 0.05) is 24.2 Å². The van der Waals surface area contributed by atoms with E-state index in [1.807, 2.05) is 12.1 Å². The average Bonchev–Trinajstić information content (AvgIpc) is 2.64. The van der Waals surface area contributed by atoms with E-state index in [0.717, 1.165) is 5.56 Å². The Bertz CT molecular complexity index is 444. The van der Waals surface area contributed by atoms with Gasteiger partial charge in [-0.3, -0.25) is 10.1 Å². The molecule has 3 unspecified atom stereocenters. The first kappa shape index (κ1) is 15.0. The van der Waals surface area contributed by atoms with Crippen LogP contribution in [0.2, 0.25) is 0 Å². The van der Waals surface area contributed by atoms with Crippen molar-refractivity contribution in [2.45, 2.75) is 58.0 Å². The summed E-state index contributed by atoms with van der Waals surface area (Å²) in [4.78, 5) is 10.3. The summed E-state index contributed by atoms with van der Waals surface area (Å²) in [5, 5.41) is 14.4. The summed E-state index contributed by atoms with van der Waals surface area (Å²) in [7, 11) is 0. The van der Waals surface area contributed by atoms with Crippen molar-refractivity contribution < 1.29 is 4.92 Å². The summed E-state index contributed by atoms with van der Waals surface area (Å²) in [5.74, 6) is 0.706. The Morgan fingerprint density at radius 2 is 1.85 bits per heavy atom. The van der Waals surface area contributed by atoms with Gasteiger partial charge in [0.05, 0.1) is 4.92 Å². The van der Waals surface area contributed by atoms with E-state index in [1.54, 1.807) is 12.1 Å². The zero-order valence-corrected chi connectivity index (χ0v) is 12.3. The van der Waals surface area contributed by atoms with Crippen LogP contribution < -0.4 is 5.32 Å². The molecule has 0 heterocycles. The summed E-state index contributed by atoms with van der Waals surface area (Å²) >= 11 is 0. The van der Waals surface area contributed by atoms with Crippen molar-refractivity contribution in [2.24, 2.45) is 5.92 Å². The lowest BCUT2D eigenvalue weighted by molar-refractivity contribution is -0.384. The lowest BCUT2D eigenvalue weighted by Gasteiger charge is -2.27. The molecule has 2 rings (SSSR count). The van der Waals surface area contributed by atoms with Crippen LogP contribution in [0, 0.1) is 16.0 Å². The Hall–Kier alpha value is -1.42. The molecule has 1 aromatic carbocycles. The molecule has 4 nitrogen and oxygen atoms in total. The number of hydrogen-bond acceptors (Lipinski definition) is 3. The third-order valence-electron chi connectivity index (χ3n) is 4.43.